The molecule has 0 bridgehead atoms. The third-order valence-corrected chi connectivity index (χ3v) is 3.55. The molecule has 4 nitrogen and oxygen atoms in total. The van der Waals surface area contributed by atoms with E-state index < -0.39 is 0 Å². The van der Waals surface area contributed by atoms with Gasteiger partial charge >= 0.3 is 5.97 Å². The Bertz CT molecular complexity index is 820. The number of ether oxygens (including phenoxy) is 1. The van der Waals surface area contributed by atoms with E-state index in [4.69, 9.17) is 10.5 Å². The van der Waals surface area contributed by atoms with Crippen LogP contribution in [0.3, 0.4) is 0 Å². The maximum atomic E-state index is 11.6. The van der Waals surface area contributed by atoms with Crippen molar-refractivity contribution in [3.63, 3.8) is 0 Å². The van der Waals surface area contributed by atoms with Crippen LogP contribution in [-0.4, -0.2) is 11.0 Å². The van der Waals surface area contributed by atoms with Gasteiger partial charge in [-0.2, -0.15) is 0 Å². The first-order valence-corrected chi connectivity index (χ1v) is 8.85. The average molecular weight is 411 g/mol. The first-order chi connectivity index (χ1) is 12.7. The number of esters is 1. The van der Waals surface area contributed by atoms with Crippen molar-refractivity contribution in [2.24, 2.45) is 0 Å². The van der Waals surface area contributed by atoms with E-state index in [-0.39, 0.29) is 5.97 Å². The molecular weight excluding hydrogens is 392 g/mol. The SMILES string of the molecule is Nc1ccc(C=CBr)cn1.O=C(OCc1ccccc1)c1ccccc1. The summed E-state index contributed by atoms with van der Waals surface area (Å²) in [7, 11) is 0. The number of rotatable bonds is 4. The van der Waals surface area contributed by atoms with Gasteiger partial charge in [-0.05, 0) is 46.5 Å². The third-order valence-electron chi connectivity index (χ3n) is 3.29. The Labute approximate surface area is 161 Å². The minimum absolute atomic E-state index is 0.288. The fraction of sp³-hybridized carbons (Fsp3) is 0.0476. The Kier molecular flexibility index (Phi) is 8.09. The maximum Gasteiger partial charge on any atom is 0.338 e. The lowest BCUT2D eigenvalue weighted by molar-refractivity contribution is 0.0472. The van der Waals surface area contributed by atoms with Crippen LogP contribution in [0.5, 0.6) is 0 Å². The Morgan fingerprint density at radius 2 is 1.65 bits per heavy atom. The molecule has 26 heavy (non-hydrogen) atoms. The predicted octanol–water partition coefficient (Wildman–Crippen LogP) is 5.07. The van der Waals surface area contributed by atoms with Crippen molar-refractivity contribution in [2.75, 3.05) is 5.73 Å². The predicted molar refractivity (Wildman–Crippen MR) is 109 cm³/mol. The highest BCUT2D eigenvalue weighted by Gasteiger charge is 2.05. The molecule has 0 amide bonds. The fourth-order valence-electron chi connectivity index (χ4n) is 1.97. The number of pyridine rings is 1. The summed E-state index contributed by atoms with van der Waals surface area (Å²) >= 11 is 3.17. The molecule has 0 saturated heterocycles. The molecule has 132 valence electrons. The lowest BCUT2D eigenvalue weighted by atomic mass is 10.2. The molecule has 0 spiro atoms. The summed E-state index contributed by atoms with van der Waals surface area (Å²) in [5, 5.41) is 0. The zero-order chi connectivity index (χ0) is 18.6. The van der Waals surface area contributed by atoms with Crippen LogP contribution in [0.15, 0.2) is 84.0 Å². The number of anilines is 1. The van der Waals surface area contributed by atoms with Crippen molar-refractivity contribution in [1.29, 1.82) is 0 Å². The van der Waals surface area contributed by atoms with Gasteiger partial charge in [-0.25, -0.2) is 9.78 Å². The summed E-state index contributed by atoms with van der Waals surface area (Å²) in [6, 6.07) is 22.3. The number of carbonyl (C=O) groups excluding carboxylic acids is 1. The normalized spacial score (nSPS) is 10.0. The first kappa shape index (κ1) is 19.4. The summed E-state index contributed by atoms with van der Waals surface area (Å²) in [5.41, 5.74) is 7.98. The largest absolute Gasteiger partial charge is 0.457 e. The van der Waals surface area contributed by atoms with Gasteiger partial charge < -0.3 is 10.5 Å². The van der Waals surface area contributed by atoms with Gasteiger partial charge in [0.2, 0.25) is 0 Å². The highest BCUT2D eigenvalue weighted by molar-refractivity contribution is 9.11. The van der Waals surface area contributed by atoms with Gasteiger partial charge in [0.05, 0.1) is 5.56 Å². The molecule has 0 unspecified atom stereocenters. The highest BCUT2D eigenvalue weighted by atomic mass is 79.9. The number of hydrogen-bond acceptors (Lipinski definition) is 4. The Morgan fingerprint density at radius 1 is 1.00 bits per heavy atom. The summed E-state index contributed by atoms with van der Waals surface area (Å²) < 4.78 is 5.18. The molecule has 2 N–H and O–H groups in total. The van der Waals surface area contributed by atoms with Crippen LogP contribution in [0.25, 0.3) is 6.08 Å². The second-order valence-corrected chi connectivity index (χ2v) is 5.77. The van der Waals surface area contributed by atoms with Crippen LogP contribution in [-0.2, 0) is 11.3 Å². The molecule has 5 heteroatoms. The first-order valence-electron chi connectivity index (χ1n) is 7.93. The minimum atomic E-state index is -0.288. The fourth-order valence-corrected chi connectivity index (χ4v) is 2.27. The molecule has 0 fully saturated rings. The molecule has 0 aliphatic carbocycles. The molecule has 0 aliphatic rings. The van der Waals surface area contributed by atoms with Crippen LogP contribution in [0.4, 0.5) is 5.82 Å². The van der Waals surface area contributed by atoms with Crippen molar-refractivity contribution in [1.82, 2.24) is 4.98 Å². The van der Waals surface area contributed by atoms with E-state index in [9.17, 15) is 4.79 Å². The van der Waals surface area contributed by atoms with Crippen molar-refractivity contribution in [3.8, 4) is 0 Å². The van der Waals surface area contributed by atoms with Crippen LogP contribution < -0.4 is 5.73 Å². The number of benzene rings is 2. The number of nitrogens with zero attached hydrogens (tertiary/aromatic N) is 1. The number of carbonyl (C=O) groups is 1. The molecule has 2 aromatic carbocycles. The van der Waals surface area contributed by atoms with Crippen molar-refractivity contribution >= 4 is 33.8 Å². The number of halogens is 1. The van der Waals surface area contributed by atoms with Crippen molar-refractivity contribution in [3.05, 3.63) is 101 Å². The molecule has 1 heterocycles. The topological polar surface area (TPSA) is 65.2 Å². The molecule has 0 aliphatic heterocycles. The van der Waals surface area contributed by atoms with Crippen LogP contribution in [0.2, 0.25) is 0 Å². The Hall–Kier alpha value is -2.92. The van der Waals surface area contributed by atoms with E-state index in [1.165, 1.54) is 0 Å². The second-order valence-electron chi connectivity index (χ2n) is 5.24. The second kappa shape index (κ2) is 10.8. The number of aromatic nitrogens is 1. The zero-order valence-corrected chi connectivity index (χ0v) is 15.7. The van der Waals surface area contributed by atoms with Gasteiger partial charge in [0.1, 0.15) is 12.4 Å². The molecule has 1 aromatic heterocycles. The summed E-state index contributed by atoms with van der Waals surface area (Å²) in [5.74, 6) is 0.260. The van der Waals surface area contributed by atoms with Gasteiger partial charge in [0.15, 0.2) is 0 Å². The molecule has 3 aromatic rings. The van der Waals surface area contributed by atoms with Crippen molar-refractivity contribution in [2.45, 2.75) is 6.61 Å². The maximum absolute atomic E-state index is 11.6. The van der Waals surface area contributed by atoms with Crippen molar-refractivity contribution < 1.29 is 9.53 Å². The lowest BCUT2D eigenvalue weighted by Gasteiger charge is -2.04. The summed E-state index contributed by atoms with van der Waals surface area (Å²) in [6.45, 7) is 0.314. The van der Waals surface area contributed by atoms with Gasteiger partial charge in [-0.15, -0.1) is 0 Å². The third kappa shape index (κ3) is 6.91. The standard InChI is InChI=1S/C14H12O2.C7H7BrN2/c15-14(13-9-5-2-6-10-13)16-11-12-7-3-1-4-8-12;8-4-3-6-1-2-7(9)10-5-6/h1-10H,11H2;1-5H,(H2,9,10). The van der Waals surface area contributed by atoms with Gasteiger partial charge in [0, 0.05) is 6.20 Å². The van der Waals surface area contributed by atoms with E-state index in [1.807, 2.05) is 60.7 Å². The molecule has 3 rings (SSSR count). The van der Waals surface area contributed by atoms with E-state index in [0.717, 1.165) is 11.1 Å². The van der Waals surface area contributed by atoms with Gasteiger partial charge in [0.25, 0.3) is 0 Å². The molecule has 0 saturated carbocycles. The van der Waals surface area contributed by atoms with Crippen LogP contribution in [0.1, 0.15) is 21.5 Å². The van der Waals surface area contributed by atoms with Crippen LogP contribution in [0, 0.1) is 0 Å². The average Bonchev–Trinajstić information content (AvgIpc) is 2.70. The smallest absolute Gasteiger partial charge is 0.338 e. The van der Waals surface area contributed by atoms with E-state index in [1.54, 1.807) is 29.4 Å². The van der Waals surface area contributed by atoms with E-state index in [2.05, 4.69) is 20.9 Å². The molecule has 0 atom stereocenters. The lowest BCUT2D eigenvalue weighted by Crippen LogP contribution is -2.04. The summed E-state index contributed by atoms with van der Waals surface area (Å²) in [4.78, 5) is 17.3. The zero-order valence-electron chi connectivity index (χ0n) is 14.1. The van der Waals surface area contributed by atoms with Crippen LogP contribution >= 0.6 is 15.9 Å². The highest BCUT2D eigenvalue weighted by Crippen LogP contribution is 2.06. The Morgan fingerprint density at radius 3 is 2.23 bits per heavy atom. The number of nitrogens with two attached hydrogens (primary N) is 1. The summed E-state index contributed by atoms with van der Waals surface area (Å²) in [6.07, 6.45) is 3.61. The van der Waals surface area contributed by atoms with Gasteiger partial charge in [-0.1, -0.05) is 64.5 Å². The van der Waals surface area contributed by atoms with E-state index >= 15 is 0 Å². The number of nitrogen functional groups attached to an aromatic ring is 1. The molecular formula is C21H19BrN2O2. The number of hydrogen-bond donors (Lipinski definition) is 1. The monoisotopic (exact) mass is 410 g/mol. The quantitative estimate of drug-likeness (QED) is 0.609. The minimum Gasteiger partial charge on any atom is -0.457 e. The van der Waals surface area contributed by atoms with Gasteiger partial charge in [-0.3, -0.25) is 0 Å². The van der Waals surface area contributed by atoms with E-state index in [0.29, 0.717) is 18.0 Å². The Balaban J connectivity index is 0.000000209. The molecule has 0 radical (unpaired) electrons.